The number of carbonyl (C=O) groups is 3. The second-order valence-corrected chi connectivity index (χ2v) is 13.5. The second kappa shape index (κ2) is 16.5. The molecule has 0 spiro atoms. The number of aliphatic hydroxyl groups is 1. The first-order chi connectivity index (χ1) is 22.1. The molecule has 0 aliphatic rings. The van der Waals surface area contributed by atoms with E-state index in [0.29, 0.717) is 31.6 Å². The van der Waals surface area contributed by atoms with Crippen molar-refractivity contribution in [2.24, 2.45) is 0 Å². The van der Waals surface area contributed by atoms with Crippen molar-refractivity contribution in [3.63, 3.8) is 0 Å². The van der Waals surface area contributed by atoms with Crippen LogP contribution in [0.4, 0.5) is 4.79 Å². The Labute approximate surface area is 279 Å². The smallest absolute Gasteiger partial charge is 0.410 e. The van der Waals surface area contributed by atoms with Crippen molar-refractivity contribution < 1.29 is 29.0 Å². The lowest BCUT2D eigenvalue weighted by Crippen LogP contribution is -2.49. The highest BCUT2D eigenvalue weighted by atomic mass is 16.6. The summed E-state index contributed by atoms with van der Waals surface area (Å²) in [5.74, 6) is 0.185. The van der Waals surface area contributed by atoms with Crippen LogP contribution in [0.25, 0.3) is 10.8 Å². The van der Waals surface area contributed by atoms with E-state index in [4.69, 9.17) is 9.47 Å². The van der Waals surface area contributed by atoms with E-state index in [0.717, 1.165) is 21.9 Å². The zero-order chi connectivity index (χ0) is 34.8. The summed E-state index contributed by atoms with van der Waals surface area (Å²) in [5, 5.41) is 11.4. The number of amides is 3. The number of rotatable bonds is 14. The fourth-order valence-corrected chi connectivity index (χ4v) is 5.07. The highest BCUT2D eigenvalue weighted by molar-refractivity contribution is 5.93. The first-order valence-corrected chi connectivity index (χ1v) is 16.1. The van der Waals surface area contributed by atoms with E-state index >= 15 is 0 Å². The Morgan fingerprint density at radius 3 is 2.23 bits per heavy atom. The van der Waals surface area contributed by atoms with Crippen LogP contribution in [0.15, 0.2) is 78.9 Å². The molecule has 47 heavy (non-hydrogen) atoms. The molecule has 1 N–H and O–H groups in total. The van der Waals surface area contributed by atoms with Gasteiger partial charge in [-0.1, -0.05) is 66.7 Å². The van der Waals surface area contributed by atoms with Gasteiger partial charge in [0.2, 0.25) is 11.8 Å². The Balaban J connectivity index is 1.79. The summed E-state index contributed by atoms with van der Waals surface area (Å²) >= 11 is 0. The lowest BCUT2D eigenvalue weighted by molar-refractivity contribution is -0.141. The zero-order valence-electron chi connectivity index (χ0n) is 29.2. The van der Waals surface area contributed by atoms with Crippen molar-refractivity contribution in [1.29, 1.82) is 0 Å². The van der Waals surface area contributed by atoms with Crippen molar-refractivity contribution in [2.45, 2.75) is 71.1 Å². The molecule has 0 saturated carbocycles. The Bertz CT molecular complexity index is 1540. The first-order valence-electron chi connectivity index (χ1n) is 16.1. The lowest BCUT2D eigenvalue weighted by Gasteiger charge is -2.36. The van der Waals surface area contributed by atoms with E-state index in [1.54, 1.807) is 32.1 Å². The molecule has 254 valence electrons. The molecule has 3 rings (SSSR count). The van der Waals surface area contributed by atoms with Gasteiger partial charge in [-0.25, -0.2) is 4.79 Å². The van der Waals surface area contributed by atoms with Crippen LogP contribution in [-0.4, -0.2) is 95.8 Å². The molecule has 3 aromatic rings. The summed E-state index contributed by atoms with van der Waals surface area (Å²) < 4.78 is 11.2. The molecule has 9 heteroatoms. The van der Waals surface area contributed by atoms with Crippen molar-refractivity contribution >= 4 is 28.7 Å². The number of aliphatic hydroxyl groups excluding tert-OH is 1. The molecule has 1 atom stereocenters. The van der Waals surface area contributed by atoms with Gasteiger partial charge in [0.15, 0.2) is 0 Å². The van der Waals surface area contributed by atoms with Gasteiger partial charge in [-0.2, -0.15) is 0 Å². The Morgan fingerprint density at radius 1 is 0.894 bits per heavy atom. The molecule has 0 radical (unpaired) electrons. The monoisotopic (exact) mass is 645 g/mol. The van der Waals surface area contributed by atoms with Crippen LogP contribution in [0.3, 0.4) is 0 Å². The third kappa shape index (κ3) is 10.8. The first kappa shape index (κ1) is 37.1. The summed E-state index contributed by atoms with van der Waals surface area (Å²) in [6.07, 6.45) is 4.07. The van der Waals surface area contributed by atoms with Crippen molar-refractivity contribution in [3.8, 4) is 5.75 Å². The maximum atomic E-state index is 14.0. The number of hydrogen-bond acceptors (Lipinski definition) is 6. The third-order valence-electron chi connectivity index (χ3n) is 8.21. The maximum absolute atomic E-state index is 14.0. The molecule has 0 fully saturated rings. The van der Waals surface area contributed by atoms with E-state index in [1.807, 2.05) is 95.3 Å². The predicted octanol–water partition coefficient (Wildman–Crippen LogP) is 5.87. The Morgan fingerprint density at radius 2 is 1.55 bits per heavy atom. The van der Waals surface area contributed by atoms with E-state index in [-0.39, 0.29) is 25.0 Å². The molecule has 0 aromatic heterocycles. The number of likely N-dealkylation sites (N-methyl/N-ethyl adjacent to an activating group) is 2. The van der Waals surface area contributed by atoms with Crippen LogP contribution in [0.5, 0.6) is 5.75 Å². The van der Waals surface area contributed by atoms with Crippen molar-refractivity contribution in [3.05, 3.63) is 90.0 Å². The maximum Gasteiger partial charge on any atom is 0.410 e. The topological polar surface area (TPSA) is 99.6 Å². The van der Waals surface area contributed by atoms with Crippen molar-refractivity contribution in [2.75, 3.05) is 40.9 Å². The number of carbonyl (C=O) groups excluding carboxylic acids is 3. The summed E-state index contributed by atoms with van der Waals surface area (Å²) in [6.45, 7) is 9.78. The lowest BCUT2D eigenvalue weighted by atomic mass is 9.98. The average molecular weight is 646 g/mol. The van der Waals surface area contributed by atoms with E-state index in [1.165, 1.54) is 15.9 Å². The number of fused-ring (bicyclic) bond motifs is 1. The molecule has 0 heterocycles. The molecular weight excluding hydrogens is 594 g/mol. The largest absolute Gasteiger partial charge is 0.491 e. The SMILES string of the molecule is CN(CCc1ccccc1OCCO)C(=O)C(Cc1ccc2ccccc2c1)N(C)C(=O)C=CCC(C)(C)N(C)C(=O)OC(C)(C)C. The summed E-state index contributed by atoms with van der Waals surface area (Å²) in [5.41, 5.74) is 0.641. The minimum atomic E-state index is -0.753. The van der Waals surface area contributed by atoms with Gasteiger partial charge in [-0.15, -0.1) is 0 Å². The average Bonchev–Trinajstić information content (AvgIpc) is 3.03. The summed E-state index contributed by atoms with van der Waals surface area (Å²) in [4.78, 5) is 44.9. The number of para-hydroxylation sites is 1. The Kier molecular flexibility index (Phi) is 13.0. The molecule has 3 aromatic carbocycles. The van der Waals surface area contributed by atoms with Gasteiger partial charge in [-0.05, 0) is 81.5 Å². The molecule has 1 unspecified atom stereocenters. The van der Waals surface area contributed by atoms with Crippen LogP contribution in [-0.2, 0) is 27.2 Å². The molecule has 0 bridgehead atoms. The number of hydrogen-bond donors (Lipinski definition) is 1. The van der Waals surface area contributed by atoms with E-state index < -0.39 is 23.3 Å². The second-order valence-electron chi connectivity index (χ2n) is 13.5. The normalized spacial score (nSPS) is 12.5. The molecule has 0 saturated heterocycles. The highest BCUT2D eigenvalue weighted by Gasteiger charge is 2.31. The fourth-order valence-electron chi connectivity index (χ4n) is 5.07. The van der Waals surface area contributed by atoms with E-state index in [9.17, 15) is 19.5 Å². The standard InChI is InChI=1S/C38H51N3O6/c1-37(2,3)47-36(45)41(8)38(4,5)22-13-18-34(43)40(7)32(27-28-19-20-29-14-9-10-16-31(29)26-28)35(44)39(6)23-21-30-15-11-12-17-33(30)46-25-24-42/h9-20,26,32,42H,21-25,27H2,1-8H3. The molecular formula is C38H51N3O6. The Hall–Kier alpha value is -4.37. The van der Waals surface area contributed by atoms with Gasteiger partial charge in [-0.3, -0.25) is 9.59 Å². The fraction of sp³-hybridized carbons (Fsp3) is 0.447. The summed E-state index contributed by atoms with van der Waals surface area (Å²) in [6, 6.07) is 21.0. The van der Waals surface area contributed by atoms with Gasteiger partial charge >= 0.3 is 6.09 Å². The molecule has 0 aliphatic carbocycles. The van der Waals surface area contributed by atoms with Crippen LogP contribution in [0, 0.1) is 0 Å². The number of benzene rings is 3. The third-order valence-corrected chi connectivity index (χ3v) is 8.21. The van der Waals surface area contributed by atoms with Crippen LogP contribution in [0.2, 0.25) is 0 Å². The zero-order valence-corrected chi connectivity index (χ0v) is 29.2. The van der Waals surface area contributed by atoms with Crippen LogP contribution in [0.1, 0.15) is 52.2 Å². The van der Waals surface area contributed by atoms with Gasteiger partial charge in [0.1, 0.15) is 24.0 Å². The molecule has 9 nitrogen and oxygen atoms in total. The number of ether oxygens (including phenoxy) is 2. The molecule has 3 amide bonds. The minimum absolute atomic E-state index is 0.0874. The van der Waals surface area contributed by atoms with Gasteiger partial charge in [0.05, 0.1) is 6.61 Å². The van der Waals surface area contributed by atoms with Crippen LogP contribution < -0.4 is 4.74 Å². The minimum Gasteiger partial charge on any atom is -0.491 e. The van der Waals surface area contributed by atoms with Gasteiger partial charge < -0.3 is 29.3 Å². The molecule has 0 aliphatic heterocycles. The van der Waals surface area contributed by atoms with E-state index in [2.05, 4.69) is 6.07 Å². The van der Waals surface area contributed by atoms with Gasteiger partial charge in [0, 0.05) is 39.6 Å². The number of nitrogens with zero attached hydrogens (tertiary/aromatic N) is 3. The van der Waals surface area contributed by atoms with Crippen LogP contribution >= 0.6 is 0 Å². The van der Waals surface area contributed by atoms with Gasteiger partial charge in [0.25, 0.3) is 0 Å². The predicted molar refractivity (Wildman–Crippen MR) is 186 cm³/mol. The van der Waals surface area contributed by atoms with Crippen molar-refractivity contribution in [1.82, 2.24) is 14.7 Å². The quantitative estimate of drug-likeness (QED) is 0.220. The highest BCUT2D eigenvalue weighted by Crippen LogP contribution is 2.23. The summed E-state index contributed by atoms with van der Waals surface area (Å²) in [7, 11) is 5.08.